The third-order valence-electron chi connectivity index (χ3n) is 3.79. The highest BCUT2D eigenvalue weighted by Gasteiger charge is 2.21. The Bertz CT molecular complexity index is 905. The molecule has 3 rings (SSSR count). The first-order valence-corrected chi connectivity index (χ1v) is 8.23. The fraction of sp³-hybridized carbons (Fsp3) is 0.150. The Morgan fingerprint density at radius 3 is 2.31 bits per heavy atom. The van der Waals surface area contributed by atoms with Crippen LogP contribution in [0, 0.1) is 6.92 Å². The van der Waals surface area contributed by atoms with Gasteiger partial charge in [-0.3, -0.25) is 4.79 Å². The molecule has 1 unspecified atom stereocenters. The number of carbonyl (C=O) groups is 2. The molecular formula is C20H19N3O3. The summed E-state index contributed by atoms with van der Waals surface area (Å²) in [4.78, 5) is 24.5. The third-order valence-corrected chi connectivity index (χ3v) is 3.79. The number of benzene rings is 2. The van der Waals surface area contributed by atoms with Crippen LogP contribution in [0.3, 0.4) is 0 Å². The molecule has 0 saturated carbocycles. The molecule has 1 aromatic heterocycles. The van der Waals surface area contributed by atoms with Gasteiger partial charge in [-0.2, -0.15) is 5.10 Å². The molecule has 0 spiro atoms. The van der Waals surface area contributed by atoms with Crippen LogP contribution in [0.15, 0.2) is 66.7 Å². The van der Waals surface area contributed by atoms with Crippen LogP contribution in [0.25, 0.3) is 5.69 Å². The lowest BCUT2D eigenvalue weighted by Crippen LogP contribution is -2.30. The molecule has 132 valence electrons. The highest BCUT2D eigenvalue weighted by atomic mass is 16.5. The molecule has 0 saturated heterocycles. The molecule has 0 fully saturated rings. The van der Waals surface area contributed by atoms with Gasteiger partial charge >= 0.3 is 5.97 Å². The van der Waals surface area contributed by atoms with Crippen molar-refractivity contribution in [2.24, 2.45) is 0 Å². The zero-order valence-electron chi connectivity index (χ0n) is 14.5. The Morgan fingerprint density at radius 1 is 1.04 bits per heavy atom. The second-order valence-electron chi connectivity index (χ2n) is 5.82. The normalized spacial score (nSPS) is 11.6. The monoisotopic (exact) mass is 349 g/mol. The Balaban J connectivity index is 1.67. The molecule has 0 aliphatic rings. The standard InChI is InChI=1S/C20H19N3O3/c1-14-13-18(22-23(14)17-11-7-4-8-12-17)20(25)26-15(2)19(24)21-16-9-5-3-6-10-16/h3-13,15H,1-2H3,(H,21,24). The lowest BCUT2D eigenvalue weighted by Gasteiger charge is -2.12. The number of rotatable bonds is 5. The number of hydrogen-bond donors (Lipinski definition) is 1. The molecular weight excluding hydrogens is 330 g/mol. The van der Waals surface area contributed by atoms with E-state index in [9.17, 15) is 9.59 Å². The SMILES string of the molecule is Cc1cc(C(=O)OC(C)C(=O)Nc2ccccc2)nn1-c1ccccc1. The van der Waals surface area contributed by atoms with Gasteiger partial charge < -0.3 is 10.1 Å². The largest absolute Gasteiger partial charge is 0.448 e. The molecule has 6 heteroatoms. The lowest BCUT2D eigenvalue weighted by molar-refractivity contribution is -0.123. The number of nitrogens with zero attached hydrogens (tertiary/aromatic N) is 2. The second-order valence-corrected chi connectivity index (χ2v) is 5.82. The van der Waals surface area contributed by atoms with Gasteiger partial charge in [0.2, 0.25) is 0 Å². The van der Waals surface area contributed by atoms with Gasteiger partial charge in [-0.1, -0.05) is 36.4 Å². The maximum atomic E-state index is 12.3. The first-order valence-electron chi connectivity index (χ1n) is 8.23. The summed E-state index contributed by atoms with van der Waals surface area (Å²) in [5, 5.41) is 6.99. The van der Waals surface area contributed by atoms with Crippen molar-refractivity contribution in [3.8, 4) is 5.69 Å². The summed E-state index contributed by atoms with van der Waals surface area (Å²) in [7, 11) is 0. The van der Waals surface area contributed by atoms with E-state index in [4.69, 9.17) is 4.74 Å². The first kappa shape index (κ1) is 17.4. The average Bonchev–Trinajstić information content (AvgIpc) is 3.05. The number of ether oxygens (including phenoxy) is 1. The number of anilines is 1. The van der Waals surface area contributed by atoms with Gasteiger partial charge in [-0.15, -0.1) is 0 Å². The Hall–Kier alpha value is -3.41. The number of carbonyl (C=O) groups excluding carboxylic acids is 2. The summed E-state index contributed by atoms with van der Waals surface area (Å²) < 4.78 is 6.91. The van der Waals surface area contributed by atoms with Crippen molar-refractivity contribution in [3.63, 3.8) is 0 Å². The first-order chi connectivity index (χ1) is 12.5. The van der Waals surface area contributed by atoms with Crippen LogP contribution in [-0.2, 0) is 9.53 Å². The van der Waals surface area contributed by atoms with E-state index in [0.29, 0.717) is 5.69 Å². The number of nitrogens with one attached hydrogen (secondary N) is 1. The zero-order chi connectivity index (χ0) is 18.5. The highest BCUT2D eigenvalue weighted by molar-refractivity contribution is 5.96. The van der Waals surface area contributed by atoms with E-state index in [1.165, 1.54) is 6.92 Å². The fourth-order valence-corrected chi connectivity index (χ4v) is 2.44. The van der Waals surface area contributed by atoms with Crippen LogP contribution in [0.5, 0.6) is 0 Å². The number of esters is 1. The minimum absolute atomic E-state index is 0.158. The van der Waals surface area contributed by atoms with Gasteiger partial charge in [0.15, 0.2) is 11.8 Å². The summed E-state index contributed by atoms with van der Waals surface area (Å²) in [6, 6.07) is 20.1. The van der Waals surface area contributed by atoms with Gasteiger partial charge in [0, 0.05) is 11.4 Å². The Kier molecular flexibility index (Phi) is 5.12. The van der Waals surface area contributed by atoms with Gasteiger partial charge in [0.1, 0.15) is 0 Å². The van der Waals surface area contributed by atoms with Gasteiger partial charge in [0.25, 0.3) is 5.91 Å². The molecule has 26 heavy (non-hydrogen) atoms. The molecule has 6 nitrogen and oxygen atoms in total. The van der Waals surface area contributed by atoms with Gasteiger partial charge in [-0.25, -0.2) is 9.48 Å². The van der Waals surface area contributed by atoms with E-state index in [0.717, 1.165) is 11.4 Å². The predicted molar refractivity (Wildman–Crippen MR) is 98.3 cm³/mol. The maximum Gasteiger partial charge on any atom is 0.359 e. The minimum Gasteiger partial charge on any atom is -0.448 e. The molecule has 0 aliphatic heterocycles. The fourth-order valence-electron chi connectivity index (χ4n) is 2.44. The number of aromatic nitrogens is 2. The smallest absolute Gasteiger partial charge is 0.359 e. The van der Waals surface area contributed by atoms with E-state index in [-0.39, 0.29) is 5.69 Å². The molecule has 0 radical (unpaired) electrons. The van der Waals surface area contributed by atoms with Crippen LogP contribution in [0.1, 0.15) is 23.1 Å². The van der Waals surface area contributed by atoms with Crippen molar-refractivity contribution < 1.29 is 14.3 Å². The summed E-state index contributed by atoms with van der Waals surface area (Å²) in [5.74, 6) is -1.04. The lowest BCUT2D eigenvalue weighted by atomic mass is 10.3. The van der Waals surface area contributed by atoms with Crippen molar-refractivity contribution >= 4 is 17.6 Å². The summed E-state index contributed by atoms with van der Waals surface area (Å²) in [5.41, 5.74) is 2.44. The predicted octanol–water partition coefficient (Wildman–Crippen LogP) is 3.36. The van der Waals surface area contributed by atoms with Crippen LogP contribution >= 0.6 is 0 Å². The van der Waals surface area contributed by atoms with Crippen molar-refractivity contribution in [1.29, 1.82) is 0 Å². The van der Waals surface area contributed by atoms with Crippen molar-refractivity contribution in [2.45, 2.75) is 20.0 Å². The van der Waals surface area contributed by atoms with Gasteiger partial charge in [0.05, 0.1) is 5.69 Å². The van der Waals surface area contributed by atoms with Crippen LogP contribution < -0.4 is 5.32 Å². The number of aryl methyl sites for hydroxylation is 1. The topological polar surface area (TPSA) is 73.2 Å². The van der Waals surface area contributed by atoms with E-state index in [1.54, 1.807) is 22.9 Å². The summed E-state index contributed by atoms with van der Waals surface area (Å²) in [6.45, 7) is 3.37. The van der Waals surface area contributed by atoms with E-state index in [2.05, 4.69) is 10.4 Å². The van der Waals surface area contributed by atoms with Crippen molar-refractivity contribution in [2.75, 3.05) is 5.32 Å². The summed E-state index contributed by atoms with van der Waals surface area (Å²) in [6.07, 6.45) is -0.940. The Morgan fingerprint density at radius 2 is 1.65 bits per heavy atom. The quantitative estimate of drug-likeness (QED) is 0.717. The molecule has 1 heterocycles. The number of para-hydroxylation sites is 2. The maximum absolute atomic E-state index is 12.3. The van der Waals surface area contributed by atoms with Crippen LogP contribution in [0.4, 0.5) is 5.69 Å². The number of hydrogen-bond acceptors (Lipinski definition) is 4. The van der Waals surface area contributed by atoms with Crippen molar-refractivity contribution in [1.82, 2.24) is 9.78 Å². The Labute approximate surface area is 151 Å². The zero-order valence-corrected chi connectivity index (χ0v) is 14.5. The van der Waals surface area contributed by atoms with E-state index in [1.807, 2.05) is 55.5 Å². The average molecular weight is 349 g/mol. The molecule has 1 amide bonds. The second kappa shape index (κ2) is 7.65. The molecule has 3 aromatic rings. The molecule has 1 N–H and O–H groups in total. The molecule has 1 atom stereocenters. The van der Waals surface area contributed by atoms with Crippen LogP contribution in [0.2, 0.25) is 0 Å². The van der Waals surface area contributed by atoms with E-state index < -0.39 is 18.0 Å². The third kappa shape index (κ3) is 3.97. The highest BCUT2D eigenvalue weighted by Crippen LogP contribution is 2.13. The molecule has 0 bridgehead atoms. The van der Waals surface area contributed by atoms with Crippen molar-refractivity contribution in [3.05, 3.63) is 78.1 Å². The molecule has 0 aliphatic carbocycles. The van der Waals surface area contributed by atoms with Gasteiger partial charge in [-0.05, 0) is 44.2 Å². The van der Waals surface area contributed by atoms with Crippen LogP contribution in [-0.4, -0.2) is 27.8 Å². The summed E-state index contributed by atoms with van der Waals surface area (Å²) >= 11 is 0. The minimum atomic E-state index is -0.940. The number of amides is 1. The molecule has 2 aromatic carbocycles. The van der Waals surface area contributed by atoms with E-state index >= 15 is 0 Å².